The third-order valence-electron chi connectivity index (χ3n) is 3.15. The maximum absolute atomic E-state index is 12.1. The largest absolute Gasteiger partial charge is 0.322 e. The third kappa shape index (κ3) is 4.57. The zero-order chi connectivity index (χ0) is 15.2. The Labute approximate surface area is 134 Å². The summed E-state index contributed by atoms with van der Waals surface area (Å²) >= 11 is 3.32. The van der Waals surface area contributed by atoms with Gasteiger partial charge < -0.3 is 5.32 Å². The van der Waals surface area contributed by atoms with Crippen LogP contribution >= 0.6 is 15.9 Å². The molecule has 1 N–H and O–H groups in total. The van der Waals surface area contributed by atoms with Crippen molar-refractivity contribution < 1.29 is 4.79 Å². The van der Waals surface area contributed by atoms with Crippen molar-refractivity contribution in [3.05, 3.63) is 70.2 Å². The number of hydrogen-bond acceptors (Lipinski definition) is 1. The Hall–Kier alpha value is -1.87. The fourth-order valence-corrected chi connectivity index (χ4v) is 2.27. The van der Waals surface area contributed by atoms with E-state index in [2.05, 4.69) is 35.1 Å². The smallest absolute Gasteiger partial charge is 0.262 e. The van der Waals surface area contributed by atoms with Crippen LogP contribution in [0.1, 0.15) is 30.9 Å². The minimum Gasteiger partial charge on any atom is -0.322 e. The van der Waals surface area contributed by atoms with Crippen LogP contribution in [0.15, 0.2) is 59.1 Å². The summed E-state index contributed by atoms with van der Waals surface area (Å²) in [6, 6.07) is 17.7. The highest BCUT2D eigenvalue weighted by molar-refractivity contribution is 9.12. The monoisotopic (exact) mass is 343 g/mol. The molecular weight excluding hydrogens is 326 g/mol. The molecule has 0 radical (unpaired) electrons. The highest BCUT2D eigenvalue weighted by Gasteiger charge is 2.07. The number of nitrogens with one attached hydrogen (secondary N) is 1. The lowest BCUT2D eigenvalue weighted by Crippen LogP contribution is -2.11. The van der Waals surface area contributed by atoms with E-state index >= 15 is 0 Å². The Morgan fingerprint density at radius 2 is 1.67 bits per heavy atom. The minimum atomic E-state index is -0.156. The molecule has 3 heteroatoms. The second-order valence-electron chi connectivity index (χ2n) is 5.13. The molecule has 0 aliphatic carbocycles. The molecule has 2 rings (SSSR count). The predicted octanol–water partition coefficient (Wildman–Crippen LogP) is 5.18. The number of halogens is 1. The van der Waals surface area contributed by atoms with Gasteiger partial charge in [0.1, 0.15) is 0 Å². The molecule has 0 aromatic heterocycles. The first-order valence-corrected chi connectivity index (χ1v) is 7.69. The number of rotatable bonds is 4. The van der Waals surface area contributed by atoms with Crippen LogP contribution in [0.2, 0.25) is 0 Å². The standard InChI is InChI=1S/C18H18BrNO/c1-13(2)15-8-10-16(11-9-15)20-18(21)17(19)12-14-6-4-3-5-7-14/h3-13H,1-2H3,(H,20,21). The number of hydrogen-bond donors (Lipinski definition) is 1. The second kappa shape index (κ2) is 7.23. The Bertz CT molecular complexity index is 630. The Kier molecular flexibility index (Phi) is 5.34. The average molecular weight is 344 g/mol. The molecule has 0 aliphatic heterocycles. The van der Waals surface area contributed by atoms with Crippen molar-refractivity contribution >= 4 is 33.6 Å². The molecular formula is C18H18BrNO. The van der Waals surface area contributed by atoms with Crippen LogP contribution in [-0.4, -0.2) is 5.91 Å². The zero-order valence-electron chi connectivity index (χ0n) is 12.1. The molecule has 0 aliphatic rings. The summed E-state index contributed by atoms with van der Waals surface area (Å²) in [4.78, 5) is 12.1. The van der Waals surface area contributed by atoms with Gasteiger partial charge in [0.25, 0.3) is 5.91 Å². The van der Waals surface area contributed by atoms with Gasteiger partial charge in [-0.15, -0.1) is 0 Å². The first-order chi connectivity index (χ1) is 10.1. The van der Waals surface area contributed by atoms with Gasteiger partial charge in [-0.3, -0.25) is 4.79 Å². The molecule has 0 heterocycles. The van der Waals surface area contributed by atoms with Crippen LogP contribution in [0.4, 0.5) is 5.69 Å². The molecule has 2 aromatic carbocycles. The lowest BCUT2D eigenvalue weighted by atomic mass is 10.0. The van der Waals surface area contributed by atoms with E-state index in [1.807, 2.05) is 54.6 Å². The van der Waals surface area contributed by atoms with Gasteiger partial charge in [-0.05, 0) is 51.2 Å². The van der Waals surface area contributed by atoms with Crippen molar-refractivity contribution in [3.8, 4) is 0 Å². The lowest BCUT2D eigenvalue weighted by Gasteiger charge is -2.08. The normalized spacial score (nSPS) is 11.5. The minimum absolute atomic E-state index is 0.156. The zero-order valence-corrected chi connectivity index (χ0v) is 13.7. The average Bonchev–Trinajstić information content (AvgIpc) is 2.48. The summed E-state index contributed by atoms with van der Waals surface area (Å²) in [5, 5.41) is 2.87. The highest BCUT2D eigenvalue weighted by Crippen LogP contribution is 2.19. The first-order valence-electron chi connectivity index (χ1n) is 6.90. The first kappa shape index (κ1) is 15.5. The van der Waals surface area contributed by atoms with Crippen molar-refractivity contribution in [2.24, 2.45) is 0 Å². The second-order valence-corrected chi connectivity index (χ2v) is 5.99. The maximum atomic E-state index is 12.1. The van der Waals surface area contributed by atoms with Gasteiger partial charge in [-0.1, -0.05) is 56.3 Å². The van der Waals surface area contributed by atoms with E-state index in [0.717, 1.165) is 11.3 Å². The van der Waals surface area contributed by atoms with Crippen molar-refractivity contribution in [1.82, 2.24) is 0 Å². The van der Waals surface area contributed by atoms with E-state index in [4.69, 9.17) is 0 Å². The molecule has 0 saturated heterocycles. The van der Waals surface area contributed by atoms with E-state index < -0.39 is 0 Å². The summed E-state index contributed by atoms with van der Waals surface area (Å²) in [7, 11) is 0. The lowest BCUT2D eigenvalue weighted by molar-refractivity contribution is -0.112. The molecule has 0 fully saturated rings. The van der Waals surface area contributed by atoms with Gasteiger partial charge in [0.05, 0.1) is 4.48 Å². The Morgan fingerprint density at radius 1 is 1.05 bits per heavy atom. The summed E-state index contributed by atoms with van der Waals surface area (Å²) < 4.78 is 0.502. The van der Waals surface area contributed by atoms with E-state index in [1.54, 1.807) is 6.08 Å². The van der Waals surface area contributed by atoms with Crippen LogP contribution in [0, 0.1) is 0 Å². The van der Waals surface area contributed by atoms with Gasteiger partial charge in [-0.2, -0.15) is 0 Å². The van der Waals surface area contributed by atoms with Crippen molar-refractivity contribution in [1.29, 1.82) is 0 Å². The summed E-state index contributed by atoms with van der Waals surface area (Å²) in [5.74, 6) is 0.329. The summed E-state index contributed by atoms with van der Waals surface area (Å²) in [6.07, 6.45) is 1.80. The Morgan fingerprint density at radius 3 is 2.24 bits per heavy atom. The summed E-state index contributed by atoms with van der Waals surface area (Å²) in [6.45, 7) is 4.29. The molecule has 2 aromatic rings. The maximum Gasteiger partial charge on any atom is 0.262 e. The van der Waals surface area contributed by atoms with Crippen LogP contribution in [0.25, 0.3) is 6.08 Å². The Balaban J connectivity index is 2.05. The third-order valence-corrected chi connectivity index (χ3v) is 3.73. The van der Waals surface area contributed by atoms with Crippen LogP contribution in [0.3, 0.4) is 0 Å². The van der Waals surface area contributed by atoms with Gasteiger partial charge in [-0.25, -0.2) is 0 Å². The molecule has 0 spiro atoms. The van der Waals surface area contributed by atoms with E-state index in [-0.39, 0.29) is 5.91 Å². The summed E-state index contributed by atoms with van der Waals surface area (Å²) in [5.41, 5.74) is 3.03. The van der Waals surface area contributed by atoms with Gasteiger partial charge >= 0.3 is 0 Å². The van der Waals surface area contributed by atoms with Crippen LogP contribution in [0.5, 0.6) is 0 Å². The van der Waals surface area contributed by atoms with Gasteiger partial charge in [0, 0.05) is 5.69 Å². The van der Waals surface area contributed by atoms with Crippen molar-refractivity contribution in [2.75, 3.05) is 5.32 Å². The molecule has 1 amide bonds. The molecule has 0 unspecified atom stereocenters. The molecule has 0 bridgehead atoms. The SMILES string of the molecule is CC(C)c1ccc(NC(=O)C(Br)=Cc2ccccc2)cc1. The van der Waals surface area contributed by atoms with E-state index in [1.165, 1.54) is 5.56 Å². The molecule has 2 nitrogen and oxygen atoms in total. The number of carbonyl (C=O) groups is 1. The number of benzene rings is 2. The molecule has 0 saturated carbocycles. The highest BCUT2D eigenvalue weighted by atomic mass is 79.9. The van der Waals surface area contributed by atoms with Crippen LogP contribution in [-0.2, 0) is 4.79 Å². The number of carbonyl (C=O) groups excluding carboxylic acids is 1. The number of amides is 1. The van der Waals surface area contributed by atoms with Crippen molar-refractivity contribution in [2.45, 2.75) is 19.8 Å². The fraction of sp³-hybridized carbons (Fsp3) is 0.167. The molecule has 21 heavy (non-hydrogen) atoms. The molecule has 0 atom stereocenters. The van der Waals surface area contributed by atoms with Gasteiger partial charge in [0.2, 0.25) is 0 Å². The van der Waals surface area contributed by atoms with E-state index in [9.17, 15) is 4.79 Å². The van der Waals surface area contributed by atoms with Crippen molar-refractivity contribution in [3.63, 3.8) is 0 Å². The van der Waals surface area contributed by atoms with E-state index in [0.29, 0.717) is 10.4 Å². The quantitative estimate of drug-likeness (QED) is 0.761. The molecule has 108 valence electrons. The number of anilines is 1. The van der Waals surface area contributed by atoms with Crippen LogP contribution < -0.4 is 5.32 Å². The predicted molar refractivity (Wildman–Crippen MR) is 92.5 cm³/mol. The topological polar surface area (TPSA) is 29.1 Å². The fourth-order valence-electron chi connectivity index (χ4n) is 1.90. The van der Waals surface area contributed by atoms with Gasteiger partial charge in [0.15, 0.2) is 0 Å².